The molecule has 1 N–H and O–H groups in total. The molecule has 0 aromatic heterocycles. The summed E-state index contributed by atoms with van der Waals surface area (Å²) in [7, 11) is 0. The van der Waals surface area contributed by atoms with Gasteiger partial charge in [-0.15, -0.1) is 0 Å². The Balaban J connectivity index is 1.30. The fraction of sp³-hybridized carbons (Fsp3) is 0.424. The summed E-state index contributed by atoms with van der Waals surface area (Å²) < 4.78 is 0. The smallest absolute Gasteiger partial charge is 0.258 e. The highest BCUT2D eigenvalue weighted by atomic mass is 16.2. The van der Waals surface area contributed by atoms with E-state index in [-0.39, 0.29) is 30.2 Å². The van der Waals surface area contributed by atoms with Gasteiger partial charge in [0.25, 0.3) is 5.91 Å². The third kappa shape index (κ3) is 5.70. The fourth-order valence-electron chi connectivity index (χ4n) is 6.17. The summed E-state index contributed by atoms with van der Waals surface area (Å²) in [6, 6.07) is 19.5. The lowest BCUT2D eigenvalue weighted by molar-refractivity contribution is -0.141. The normalized spacial score (nSPS) is 15.9. The number of anilines is 1. The molecule has 5 rings (SSSR count). The molecule has 6 heteroatoms. The molecule has 0 spiro atoms. The molecular formula is C33H39N3O3. The van der Waals surface area contributed by atoms with Crippen molar-refractivity contribution in [3.05, 3.63) is 77.4 Å². The van der Waals surface area contributed by atoms with Gasteiger partial charge in [-0.1, -0.05) is 74.7 Å². The number of nitrogens with zero attached hydrogens (tertiary/aromatic N) is 2. The Morgan fingerprint density at radius 2 is 1.74 bits per heavy atom. The summed E-state index contributed by atoms with van der Waals surface area (Å²) in [5, 5.41) is 5.29. The summed E-state index contributed by atoms with van der Waals surface area (Å²) in [5.74, 6) is -0.112. The third-order valence-electron chi connectivity index (χ3n) is 8.36. The van der Waals surface area contributed by atoms with Gasteiger partial charge in [-0.2, -0.15) is 0 Å². The minimum Gasteiger partial charge on any atom is -0.352 e. The quantitative estimate of drug-likeness (QED) is 0.345. The lowest BCUT2D eigenvalue weighted by Crippen LogP contribution is -2.51. The number of hydrogen-bond donors (Lipinski definition) is 1. The van der Waals surface area contributed by atoms with Crippen LogP contribution in [0.1, 0.15) is 79.8 Å². The van der Waals surface area contributed by atoms with Gasteiger partial charge in [0.05, 0.1) is 5.69 Å². The van der Waals surface area contributed by atoms with Gasteiger partial charge in [0, 0.05) is 36.5 Å². The predicted molar refractivity (Wildman–Crippen MR) is 156 cm³/mol. The third-order valence-corrected chi connectivity index (χ3v) is 8.36. The molecule has 1 fully saturated rings. The van der Waals surface area contributed by atoms with E-state index < -0.39 is 6.04 Å². The van der Waals surface area contributed by atoms with Crippen molar-refractivity contribution in [3.63, 3.8) is 0 Å². The number of nitrogens with one attached hydrogen (secondary N) is 1. The molecule has 1 saturated carbocycles. The Labute approximate surface area is 231 Å². The van der Waals surface area contributed by atoms with Gasteiger partial charge in [-0.3, -0.25) is 14.4 Å². The van der Waals surface area contributed by atoms with Crippen LogP contribution in [0, 0.1) is 6.92 Å². The molecular weight excluding hydrogens is 486 g/mol. The number of amides is 3. The van der Waals surface area contributed by atoms with E-state index in [1.54, 1.807) is 9.80 Å². The highest BCUT2D eigenvalue weighted by molar-refractivity contribution is 6.25. The van der Waals surface area contributed by atoms with E-state index in [0.717, 1.165) is 58.8 Å². The van der Waals surface area contributed by atoms with Crippen molar-refractivity contribution >= 4 is 34.2 Å². The van der Waals surface area contributed by atoms with E-state index in [0.29, 0.717) is 25.9 Å². The van der Waals surface area contributed by atoms with E-state index in [2.05, 4.69) is 5.32 Å². The van der Waals surface area contributed by atoms with Gasteiger partial charge >= 0.3 is 0 Å². The summed E-state index contributed by atoms with van der Waals surface area (Å²) in [6.07, 6.45) is 6.87. The maximum Gasteiger partial charge on any atom is 0.258 e. The molecule has 0 radical (unpaired) electrons. The largest absolute Gasteiger partial charge is 0.352 e. The maximum atomic E-state index is 13.8. The van der Waals surface area contributed by atoms with E-state index in [1.165, 1.54) is 6.42 Å². The number of hydrogen-bond acceptors (Lipinski definition) is 3. The molecule has 1 aliphatic heterocycles. The van der Waals surface area contributed by atoms with Crippen molar-refractivity contribution in [1.82, 2.24) is 10.2 Å². The lowest BCUT2D eigenvalue weighted by Gasteiger charge is -2.33. The molecule has 2 aliphatic rings. The van der Waals surface area contributed by atoms with E-state index >= 15 is 0 Å². The Kier molecular flexibility index (Phi) is 8.30. The molecule has 3 aromatic rings. The second-order valence-electron chi connectivity index (χ2n) is 11.0. The van der Waals surface area contributed by atoms with Crippen LogP contribution < -0.4 is 10.2 Å². The van der Waals surface area contributed by atoms with Crippen LogP contribution in [0.4, 0.5) is 5.69 Å². The van der Waals surface area contributed by atoms with Crippen molar-refractivity contribution in [2.24, 2.45) is 0 Å². The standard InChI is InChI=1S/C33H39N3O3/c1-3-28(32(38)34-26-16-5-4-6-17-26)36(22-25-13-8-7-12-23(25)2)30(37)20-11-21-35-29-19-10-15-24-14-9-18-27(31(24)29)33(35)39/h7-10,12-15,18-19,26,28H,3-6,11,16-17,20-22H2,1-2H3,(H,34,38). The molecule has 1 aliphatic carbocycles. The SMILES string of the molecule is CCC(C(=O)NC1CCCCC1)N(Cc1ccccc1C)C(=O)CCCN1C(=O)c2cccc3cccc1c23. The Bertz CT molecular complexity index is 1360. The summed E-state index contributed by atoms with van der Waals surface area (Å²) in [5.41, 5.74) is 3.79. The Hall–Kier alpha value is -3.67. The number of carbonyl (C=O) groups is 3. The van der Waals surface area contributed by atoms with Crippen LogP contribution in [0.2, 0.25) is 0 Å². The van der Waals surface area contributed by atoms with Crippen LogP contribution in [0.3, 0.4) is 0 Å². The van der Waals surface area contributed by atoms with Gasteiger partial charge < -0.3 is 15.1 Å². The molecule has 204 valence electrons. The van der Waals surface area contributed by atoms with Crippen LogP contribution in [-0.4, -0.2) is 41.2 Å². The molecule has 6 nitrogen and oxygen atoms in total. The molecule has 0 saturated heterocycles. The highest BCUT2D eigenvalue weighted by Gasteiger charge is 2.32. The first-order valence-corrected chi connectivity index (χ1v) is 14.5. The first-order chi connectivity index (χ1) is 19.0. The van der Waals surface area contributed by atoms with Gasteiger partial charge in [-0.25, -0.2) is 0 Å². The van der Waals surface area contributed by atoms with Crippen LogP contribution >= 0.6 is 0 Å². The van der Waals surface area contributed by atoms with Crippen LogP contribution in [-0.2, 0) is 16.1 Å². The van der Waals surface area contributed by atoms with Crippen molar-refractivity contribution in [2.45, 2.75) is 83.8 Å². The minimum absolute atomic E-state index is 0.00990. The number of rotatable bonds is 10. The second kappa shape index (κ2) is 12.0. The van der Waals surface area contributed by atoms with E-state index in [9.17, 15) is 14.4 Å². The number of benzene rings is 3. The minimum atomic E-state index is -0.523. The lowest BCUT2D eigenvalue weighted by atomic mass is 9.95. The van der Waals surface area contributed by atoms with Gasteiger partial charge in [-0.05, 0) is 61.3 Å². The molecule has 39 heavy (non-hydrogen) atoms. The Morgan fingerprint density at radius 1 is 1.00 bits per heavy atom. The molecule has 1 heterocycles. The van der Waals surface area contributed by atoms with Crippen molar-refractivity contribution in [3.8, 4) is 0 Å². The number of aryl methyl sites for hydroxylation is 1. The first-order valence-electron chi connectivity index (χ1n) is 14.5. The summed E-state index contributed by atoms with van der Waals surface area (Å²) in [6.45, 7) is 4.87. The second-order valence-corrected chi connectivity index (χ2v) is 11.0. The summed E-state index contributed by atoms with van der Waals surface area (Å²) in [4.78, 5) is 44.0. The number of carbonyl (C=O) groups excluding carboxylic acids is 3. The van der Waals surface area contributed by atoms with Crippen LogP contribution in [0.25, 0.3) is 10.8 Å². The molecule has 3 aromatic carbocycles. The molecule has 3 amide bonds. The zero-order chi connectivity index (χ0) is 27.4. The predicted octanol–water partition coefficient (Wildman–Crippen LogP) is 6.14. The molecule has 1 atom stereocenters. The van der Waals surface area contributed by atoms with Crippen LogP contribution in [0.5, 0.6) is 0 Å². The van der Waals surface area contributed by atoms with E-state index in [4.69, 9.17) is 0 Å². The monoisotopic (exact) mass is 525 g/mol. The Morgan fingerprint density at radius 3 is 2.49 bits per heavy atom. The maximum absolute atomic E-state index is 13.8. The van der Waals surface area contributed by atoms with Crippen LogP contribution in [0.15, 0.2) is 60.7 Å². The van der Waals surface area contributed by atoms with Crippen molar-refractivity contribution < 1.29 is 14.4 Å². The fourth-order valence-corrected chi connectivity index (χ4v) is 6.17. The molecule has 1 unspecified atom stereocenters. The average Bonchev–Trinajstić information content (AvgIpc) is 3.22. The van der Waals surface area contributed by atoms with Crippen molar-refractivity contribution in [2.75, 3.05) is 11.4 Å². The van der Waals surface area contributed by atoms with Gasteiger partial charge in [0.15, 0.2) is 0 Å². The zero-order valence-electron chi connectivity index (χ0n) is 23.1. The highest BCUT2D eigenvalue weighted by Crippen LogP contribution is 2.37. The van der Waals surface area contributed by atoms with Gasteiger partial charge in [0.1, 0.15) is 6.04 Å². The summed E-state index contributed by atoms with van der Waals surface area (Å²) >= 11 is 0. The van der Waals surface area contributed by atoms with Crippen molar-refractivity contribution in [1.29, 1.82) is 0 Å². The first kappa shape index (κ1) is 26.9. The van der Waals surface area contributed by atoms with Gasteiger partial charge in [0.2, 0.25) is 11.8 Å². The average molecular weight is 526 g/mol. The van der Waals surface area contributed by atoms with E-state index in [1.807, 2.05) is 74.5 Å². The molecule has 0 bridgehead atoms. The topological polar surface area (TPSA) is 69.7 Å². The zero-order valence-corrected chi connectivity index (χ0v) is 23.1.